The Bertz CT molecular complexity index is 348. The van der Waals surface area contributed by atoms with Crippen molar-refractivity contribution in [1.29, 1.82) is 0 Å². The van der Waals surface area contributed by atoms with E-state index >= 15 is 0 Å². The zero-order valence-corrected chi connectivity index (χ0v) is 11.1. The van der Waals surface area contributed by atoms with Gasteiger partial charge in [-0.3, -0.25) is 4.90 Å². The van der Waals surface area contributed by atoms with Crippen LogP contribution in [0.5, 0.6) is 0 Å². The van der Waals surface area contributed by atoms with E-state index < -0.39 is 0 Å². The summed E-state index contributed by atoms with van der Waals surface area (Å²) in [6, 6.07) is 0.662. The van der Waals surface area contributed by atoms with Gasteiger partial charge in [-0.1, -0.05) is 6.92 Å². The Labute approximate surface area is 103 Å². The molecule has 17 heavy (non-hydrogen) atoms. The molecule has 2 atom stereocenters. The summed E-state index contributed by atoms with van der Waals surface area (Å²) in [6.45, 7) is 8.53. The first-order valence-corrected chi connectivity index (χ1v) is 6.51. The maximum absolute atomic E-state index is 4.34. The van der Waals surface area contributed by atoms with Crippen molar-refractivity contribution in [1.82, 2.24) is 25.0 Å². The summed E-state index contributed by atoms with van der Waals surface area (Å²) in [4.78, 5) is 6.82. The molecule has 96 valence electrons. The second-order valence-electron chi connectivity index (χ2n) is 4.89. The molecule has 5 nitrogen and oxygen atoms in total. The van der Waals surface area contributed by atoms with Gasteiger partial charge < -0.3 is 5.32 Å². The van der Waals surface area contributed by atoms with Crippen LogP contribution in [0.2, 0.25) is 0 Å². The molecule has 5 heteroatoms. The number of aromatic nitrogens is 3. The minimum absolute atomic E-state index is 0.662. The van der Waals surface area contributed by atoms with Gasteiger partial charge in [0.2, 0.25) is 0 Å². The molecule has 0 saturated carbocycles. The molecule has 0 amide bonds. The number of likely N-dealkylation sites (tertiary alicyclic amines) is 1. The summed E-state index contributed by atoms with van der Waals surface area (Å²) in [5.41, 5.74) is 0. The first kappa shape index (κ1) is 12.5. The molecular weight excluding hydrogens is 214 g/mol. The van der Waals surface area contributed by atoms with Crippen LogP contribution in [0, 0.1) is 5.92 Å². The van der Waals surface area contributed by atoms with Crippen LogP contribution in [0.15, 0.2) is 6.33 Å². The van der Waals surface area contributed by atoms with E-state index in [0.29, 0.717) is 12.0 Å². The van der Waals surface area contributed by atoms with Crippen LogP contribution in [0.4, 0.5) is 0 Å². The molecule has 2 unspecified atom stereocenters. The number of rotatable bonds is 4. The summed E-state index contributed by atoms with van der Waals surface area (Å²) >= 11 is 0. The highest BCUT2D eigenvalue weighted by molar-refractivity contribution is 4.88. The Morgan fingerprint density at radius 2 is 2.35 bits per heavy atom. The molecule has 0 spiro atoms. The number of aryl methyl sites for hydroxylation is 1. The molecule has 1 aliphatic rings. The van der Waals surface area contributed by atoms with E-state index in [1.807, 2.05) is 4.68 Å². The summed E-state index contributed by atoms with van der Waals surface area (Å²) in [6.07, 6.45) is 2.88. The maximum atomic E-state index is 4.34. The third kappa shape index (κ3) is 2.84. The molecule has 0 bridgehead atoms. The van der Waals surface area contributed by atoms with Gasteiger partial charge in [0, 0.05) is 25.7 Å². The summed E-state index contributed by atoms with van der Waals surface area (Å²) in [7, 11) is 2.06. The lowest BCUT2D eigenvalue weighted by atomic mass is 9.94. The lowest BCUT2D eigenvalue weighted by molar-refractivity contribution is 0.140. The van der Waals surface area contributed by atoms with Gasteiger partial charge in [-0.25, -0.2) is 9.67 Å². The van der Waals surface area contributed by atoms with Crippen LogP contribution >= 0.6 is 0 Å². The number of piperidine rings is 1. The van der Waals surface area contributed by atoms with Crippen LogP contribution in [0.3, 0.4) is 0 Å². The van der Waals surface area contributed by atoms with E-state index in [1.54, 1.807) is 6.33 Å². The molecular formula is C12H23N5. The van der Waals surface area contributed by atoms with E-state index in [2.05, 4.69) is 41.2 Å². The van der Waals surface area contributed by atoms with Gasteiger partial charge in [0.1, 0.15) is 12.2 Å². The predicted molar refractivity (Wildman–Crippen MR) is 67.6 cm³/mol. The predicted octanol–water partition coefficient (Wildman–Crippen LogP) is 0.728. The van der Waals surface area contributed by atoms with E-state index in [9.17, 15) is 0 Å². The minimum atomic E-state index is 0.662. The van der Waals surface area contributed by atoms with E-state index in [4.69, 9.17) is 0 Å². The Morgan fingerprint density at radius 3 is 3.00 bits per heavy atom. The fraction of sp³-hybridized carbons (Fsp3) is 0.833. The van der Waals surface area contributed by atoms with Gasteiger partial charge >= 0.3 is 0 Å². The molecule has 1 saturated heterocycles. The molecule has 1 aromatic rings. The number of hydrogen-bond donors (Lipinski definition) is 1. The normalized spacial score (nSPS) is 26.3. The van der Waals surface area contributed by atoms with Gasteiger partial charge in [-0.2, -0.15) is 5.10 Å². The van der Waals surface area contributed by atoms with Crippen LogP contribution in [-0.4, -0.2) is 45.8 Å². The van der Waals surface area contributed by atoms with Crippen LogP contribution < -0.4 is 5.32 Å². The summed E-state index contributed by atoms with van der Waals surface area (Å²) < 4.78 is 1.98. The smallest absolute Gasteiger partial charge is 0.140 e. The Morgan fingerprint density at radius 1 is 1.53 bits per heavy atom. The van der Waals surface area contributed by atoms with E-state index in [0.717, 1.165) is 32.0 Å². The lowest BCUT2D eigenvalue weighted by Crippen LogP contribution is -2.47. The quantitative estimate of drug-likeness (QED) is 0.838. The third-order valence-electron chi connectivity index (χ3n) is 3.72. The van der Waals surface area contributed by atoms with Crippen molar-refractivity contribution in [3.05, 3.63) is 12.2 Å². The monoisotopic (exact) mass is 237 g/mol. The second kappa shape index (κ2) is 5.60. The van der Waals surface area contributed by atoms with Crippen LogP contribution in [-0.2, 0) is 13.1 Å². The zero-order chi connectivity index (χ0) is 12.3. The fourth-order valence-corrected chi connectivity index (χ4v) is 2.68. The number of nitrogens with zero attached hydrogens (tertiary/aromatic N) is 4. The summed E-state index contributed by atoms with van der Waals surface area (Å²) in [5.74, 6) is 1.79. The van der Waals surface area contributed by atoms with Gasteiger partial charge in [-0.05, 0) is 26.3 Å². The molecule has 1 N–H and O–H groups in total. The van der Waals surface area contributed by atoms with Crippen LogP contribution in [0.1, 0.15) is 26.1 Å². The molecule has 2 heterocycles. The standard InChI is InChI=1S/C12H23N5/c1-4-17-12(14-9-15-17)8-16-6-5-11(13-3)10(2)7-16/h9-11,13H,4-8H2,1-3H3. The summed E-state index contributed by atoms with van der Waals surface area (Å²) in [5, 5.41) is 7.61. The average Bonchev–Trinajstić information content (AvgIpc) is 2.76. The Hall–Kier alpha value is -0.940. The van der Waals surface area contributed by atoms with Crippen LogP contribution in [0.25, 0.3) is 0 Å². The van der Waals surface area contributed by atoms with Crippen molar-refractivity contribution in [2.45, 2.75) is 39.4 Å². The highest BCUT2D eigenvalue weighted by Gasteiger charge is 2.25. The molecule has 1 aromatic heterocycles. The minimum Gasteiger partial charge on any atom is -0.317 e. The first-order valence-electron chi connectivity index (χ1n) is 6.51. The van der Waals surface area contributed by atoms with Gasteiger partial charge in [0.15, 0.2) is 0 Å². The molecule has 1 aliphatic heterocycles. The molecule has 0 aromatic carbocycles. The average molecular weight is 237 g/mol. The maximum Gasteiger partial charge on any atom is 0.140 e. The highest BCUT2D eigenvalue weighted by atomic mass is 15.3. The van der Waals surface area contributed by atoms with Crippen molar-refractivity contribution in [3.8, 4) is 0 Å². The Kier molecular flexibility index (Phi) is 4.12. The highest BCUT2D eigenvalue weighted by Crippen LogP contribution is 2.17. The van der Waals surface area contributed by atoms with Crippen molar-refractivity contribution in [2.24, 2.45) is 5.92 Å². The molecule has 0 aliphatic carbocycles. The Balaban J connectivity index is 1.93. The zero-order valence-electron chi connectivity index (χ0n) is 11.1. The number of hydrogen-bond acceptors (Lipinski definition) is 4. The van der Waals surface area contributed by atoms with Crippen molar-refractivity contribution < 1.29 is 0 Å². The van der Waals surface area contributed by atoms with Crippen molar-refractivity contribution in [3.63, 3.8) is 0 Å². The first-order chi connectivity index (χ1) is 8.24. The van der Waals surface area contributed by atoms with E-state index in [-0.39, 0.29) is 0 Å². The molecule has 0 radical (unpaired) electrons. The second-order valence-corrected chi connectivity index (χ2v) is 4.89. The molecule has 2 rings (SSSR count). The van der Waals surface area contributed by atoms with Gasteiger partial charge in [-0.15, -0.1) is 0 Å². The van der Waals surface area contributed by atoms with Crippen molar-refractivity contribution >= 4 is 0 Å². The van der Waals surface area contributed by atoms with E-state index in [1.165, 1.54) is 6.42 Å². The lowest BCUT2D eigenvalue weighted by Gasteiger charge is -2.36. The van der Waals surface area contributed by atoms with Crippen molar-refractivity contribution in [2.75, 3.05) is 20.1 Å². The van der Waals surface area contributed by atoms with Gasteiger partial charge in [0.25, 0.3) is 0 Å². The number of nitrogens with one attached hydrogen (secondary N) is 1. The van der Waals surface area contributed by atoms with Gasteiger partial charge in [0.05, 0.1) is 6.54 Å². The topological polar surface area (TPSA) is 46.0 Å². The third-order valence-corrected chi connectivity index (χ3v) is 3.72. The SMILES string of the molecule is CCn1ncnc1CN1CCC(NC)C(C)C1. The fourth-order valence-electron chi connectivity index (χ4n) is 2.68. The molecule has 1 fully saturated rings. The largest absolute Gasteiger partial charge is 0.317 e.